The number of benzene rings is 8. The van der Waals surface area contributed by atoms with Crippen LogP contribution in [0.1, 0.15) is 91.4 Å². The van der Waals surface area contributed by atoms with E-state index in [1.54, 1.807) is 36.4 Å². The quantitative estimate of drug-likeness (QED) is 0.142. The second-order valence-electron chi connectivity index (χ2n) is 21.9. The normalized spacial score (nSPS) is 14.0. The van der Waals surface area contributed by atoms with Gasteiger partial charge >= 0.3 is 0 Å². The van der Waals surface area contributed by atoms with E-state index in [0.717, 1.165) is 61.5 Å². The van der Waals surface area contributed by atoms with Crippen LogP contribution >= 0.6 is 0 Å². The molecule has 10 aromatic rings. The van der Waals surface area contributed by atoms with Crippen molar-refractivity contribution in [3.05, 3.63) is 223 Å². The minimum absolute atomic E-state index is 0. The monoisotopic (exact) mass is 1140 g/mol. The molecule has 0 aliphatic carbocycles. The molecule has 0 unspecified atom stereocenters. The van der Waals surface area contributed by atoms with Gasteiger partial charge in [-0.1, -0.05) is 183 Å². The van der Waals surface area contributed by atoms with Gasteiger partial charge in [-0.25, -0.2) is 4.98 Å². The Hall–Kier alpha value is -7.20. The van der Waals surface area contributed by atoms with Crippen molar-refractivity contribution in [3.63, 3.8) is 0 Å². The van der Waals surface area contributed by atoms with E-state index in [9.17, 15) is 2.74 Å². The average molecular weight is 1140 g/mol. The fourth-order valence-electron chi connectivity index (χ4n) is 9.73. The number of para-hydroxylation sites is 4. The van der Waals surface area contributed by atoms with E-state index in [4.69, 9.17) is 13.8 Å². The molecule has 0 saturated carbocycles. The third-order valence-electron chi connectivity index (χ3n) is 13.8. The van der Waals surface area contributed by atoms with Crippen LogP contribution in [0.15, 0.2) is 182 Å². The van der Waals surface area contributed by atoms with Gasteiger partial charge in [-0.05, 0) is 103 Å². The zero-order chi connectivity index (χ0) is 54.3. The van der Waals surface area contributed by atoms with Crippen LogP contribution in [0.25, 0.3) is 61.0 Å². The molecule has 0 radical (unpaired) electrons. The number of aromatic nitrogens is 2. The first-order valence-electron chi connectivity index (χ1n) is 27.2. The standard InChI is InChI=1S/C67H61N4O.Pt/c1-44-19-11-12-22-54(44)45-29-31-46(32-30-45)55-24-18-25-56(47-37-49(66(5,6)7)39-50(38-47)67(8,9)10)64(55)70-43-69(60-27-15-16-28-61(60)70)51-20-17-21-52(41-51)72-53-33-34-58-57-23-13-14-26-59(57)71(62(58)42-53)63-40-48(35-36-68-63)65(2,3)4;/h11-40,43H,1-10H3;/q-3;/i1D3,31D,32D;. The van der Waals surface area contributed by atoms with E-state index in [2.05, 4.69) is 168 Å². The van der Waals surface area contributed by atoms with Crippen LogP contribution in [0.2, 0.25) is 0 Å². The predicted molar refractivity (Wildman–Crippen MR) is 301 cm³/mol. The smallest absolute Gasteiger partial charge is 0.135 e. The predicted octanol–water partition coefficient (Wildman–Crippen LogP) is 18.2. The van der Waals surface area contributed by atoms with Gasteiger partial charge in [0.1, 0.15) is 5.82 Å². The number of aryl methyl sites for hydroxylation is 1. The summed E-state index contributed by atoms with van der Waals surface area (Å²) in [6.45, 7) is 19.7. The number of fused-ring (bicyclic) bond motifs is 4. The van der Waals surface area contributed by atoms with Gasteiger partial charge in [0.15, 0.2) is 0 Å². The Balaban J connectivity index is 0.00000688. The molecule has 73 heavy (non-hydrogen) atoms. The van der Waals surface area contributed by atoms with Crippen molar-refractivity contribution in [2.75, 3.05) is 9.80 Å². The van der Waals surface area contributed by atoms with Gasteiger partial charge in [0.25, 0.3) is 0 Å². The molecule has 1 aliphatic rings. The molecule has 5 nitrogen and oxygen atoms in total. The molecule has 6 heteroatoms. The molecule has 2 aromatic heterocycles. The van der Waals surface area contributed by atoms with E-state index in [0.29, 0.717) is 33.8 Å². The minimum atomic E-state index is -2.38. The molecular weight excluding hydrogens is 1070 g/mol. The summed E-state index contributed by atoms with van der Waals surface area (Å²) in [6, 6.07) is 61.4. The van der Waals surface area contributed by atoms with Crippen LogP contribution in [0.3, 0.4) is 0 Å². The SMILES string of the molecule is [2H]c1cc(-c2ccccc2C([2H])([2H])[2H])cc([2H])c1-c1cccc(-c2cc(C(C)(C)C)cc(C(C)(C)C)c2)c1N1[CH-]N(c2[c-]c(Oc3[c-]c4c(cc3)c3ccccc3n4-c3cc(C(C)(C)C)ccn3)ccc2)c2ccccc21.[Pt]. The van der Waals surface area contributed by atoms with Crippen LogP contribution in [0.4, 0.5) is 22.7 Å². The fourth-order valence-corrected chi connectivity index (χ4v) is 9.73. The summed E-state index contributed by atoms with van der Waals surface area (Å²) in [5.74, 6) is 1.85. The topological polar surface area (TPSA) is 33.5 Å². The second-order valence-corrected chi connectivity index (χ2v) is 21.9. The first kappa shape index (κ1) is 43.4. The van der Waals surface area contributed by atoms with Crippen molar-refractivity contribution < 1.29 is 32.7 Å². The van der Waals surface area contributed by atoms with Crippen molar-refractivity contribution in [2.24, 2.45) is 0 Å². The van der Waals surface area contributed by atoms with Crippen LogP contribution in [-0.2, 0) is 37.3 Å². The van der Waals surface area contributed by atoms with Gasteiger partial charge in [0, 0.05) is 76.6 Å². The summed E-state index contributed by atoms with van der Waals surface area (Å²) in [5.41, 5.74) is 12.6. The van der Waals surface area contributed by atoms with Crippen LogP contribution in [0, 0.1) is 25.7 Å². The molecule has 3 heterocycles. The first-order valence-corrected chi connectivity index (χ1v) is 24.7. The molecule has 11 rings (SSSR count). The molecule has 0 amide bonds. The van der Waals surface area contributed by atoms with E-state index < -0.39 is 6.85 Å². The van der Waals surface area contributed by atoms with E-state index >= 15 is 0 Å². The molecule has 0 saturated heterocycles. The maximum absolute atomic E-state index is 9.71. The zero-order valence-corrected chi connectivity index (χ0v) is 45.0. The summed E-state index contributed by atoms with van der Waals surface area (Å²) >= 11 is 0. The molecule has 0 fully saturated rings. The summed E-state index contributed by atoms with van der Waals surface area (Å²) < 4.78 is 53.2. The molecular formula is C67H61N4OPt-3. The Labute approximate surface area is 453 Å². The van der Waals surface area contributed by atoms with Crippen LogP contribution in [0.5, 0.6) is 11.5 Å². The van der Waals surface area contributed by atoms with Gasteiger partial charge in [-0.2, -0.15) is 12.1 Å². The molecule has 0 atom stereocenters. The van der Waals surface area contributed by atoms with Gasteiger partial charge in [-0.3, -0.25) is 0 Å². The van der Waals surface area contributed by atoms with Gasteiger partial charge in [0.2, 0.25) is 0 Å². The van der Waals surface area contributed by atoms with Crippen molar-refractivity contribution in [2.45, 2.75) is 85.4 Å². The van der Waals surface area contributed by atoms with Crippen LogP contribution < -0.4 is 14.5 Å². The Bertz CT molecular complexity index is 3880. The van der Waals surface area contributed by atoms with Crippen molar-refractivity contribution in [1.82, 2.24) is 9.55 Å². The van der Waals surface area contributed by atoms with Crippen molar-refractivity contribution in [1.29, 1.82) is 0 Å². The third-order valence-corrected chi connectivity index (χ3v) is 13.8. The summed E-state index contributed by atoms with van der Waals surface area (Å²) in [7, 11) is 0. The Kier molecular flexibility index (Phi) is 11.3. The van der Waals surface area contributed by atoms with Gasteiger partial charge in [0.05, 0.1) is 2.74 Å². The van der Waals surface area contributed by atoms with Crippen molar-refractivity contribution in [3.8, 4) is 50.7 Å². The van der Waals surface area contributed by atoms with E-state index in [1.165, 1.54) is 16.7 Å². The molecule has 0 N–H and O–H groups in total. The van der Waals surface area contributed by atoms with Crippen molar-refractivity contribution >= 4 is 44.6 Å². The number of anilines is 4. The molecule has 8 aromatic carbocycles. The minimum Gasteiger partial charge on any atom is -0.509 e. The second kappa shape index (κ2) is 19.0. The summed E-state index contributed by atoms with van der Waals surface area (Å²) in [6.07, 6.45) is 1.88. The Morgan fingerprint density at radius 3 is 1.86 bits per heavy atom. The van der Waals surface area contributed by atoms with E-state index in [1.807, 2.05) is 60.8 Å². The summed E-state index contributed by atoms with van der Waals surface area (Å²) in [4.78, 5) is 9.14. The fraction of sp³-hybridized carbons (Fsp3) is 0.194. The number of hydrogen-bond acceptors (Lipinski definition) is 4. The number of hydrogen-bond donors (Lipinski definition) is 0. The first-order chi connectivity index (χ1) is 36.5. The summed E-state index contributed by atoms with van der Waals surface area (Å²) in [5, 5.41) is 2.14. The molecule has 0 bridgehead atoms. The maximum Gasteiger partial charge on any atom is 0.135 e. The number of nitrogens with zero attached hydrogens (tertiary/aromatic N) is 4. The average Bonchev–Trinajstić information content (AvgIpc) is 3.98. The number of pyridine rings is 1. The largest absolute Gasteiger partial charge is 0.509 e. The van der Waals surface area contributed by atoms with Crippen LogP contribution in [-0.4, -0.2) is 9.55 Å². The zero-order valence-electron chi connectivity index (χ0n) is 47.8. The third kappa shape index (κ3) is 9.41. The van der Waals surface area contributed by atoms with E-state index in [-0.39, 0.29) is 55.0 Å². The number of ether oxygens (including phenoxy) is 1. The number of rotatable bonds is 8. The maximum atomic E-state index is 9.71. The Morgan fingerprint density at radius 2 is 1.15 bits per heavy atom. The molecule has 0 spiro atoms. The Morgan fingerprint density at radius 1 is 0.534 bits per heavy atom. The van der Waals surface area contributed by atoms with Gasteiger partial charge in [-0.15, -0.1) is 48.1 Å². The van der Waals surface area contributed by atoms with Gasteiger partial charge < -0.3 is 19.1 Å². The molecule has 368 valence electrons. The molecule has 1 aliphatic heterocycles.